The number of aromatic nitrogens is 1. The topological polar surface area (TPSA) is 48.4 Å². The molecule has 116 valence electrons. The molecule has 1 unspecified atom stereocenters. The Hall–Kier alpha value is -1.65. The minimum atomic E-state index is -0.465. The summed E-state index contributed by atoms with van der Waals surface area (Å²) in [5.74, 6) is 0. The van der Waals surface area contributed by atoms with Crippen molar-refractivity contribution in [3.05, 3.63) is 40.5 Å². The van der Waals surface area contributed by atoms with Crippen LogP contribution in [0.25, 0.3) is 10.9 Å². The third-order valence-corrected chi connectivity index (χ3v) is 4.20. The van der Waals surface area contributed by atoms with Crippen molar-refractivity contribution >= 4 is 29.0 Å². The van der Waals surface area contributed by atoms with Gasteiger partial charge in [-0.15, -0.1) is 0 Å². The summed E-state index contributed by atoms with van der Waals surface area (Å²) in [6.07, 6.45) is 1.45. The average Bonchev–Trinajstić information content (AvgIpc) is 2.45. The van der Waals surface area contributed by atoms with Crippen LogP contribution >= 0.6 is 11.6 Å². The first-order chi connectivity index (χ1) is 10.5. The van der Waals surface area contributed by atoms with E-state index in [9.17, 15) is 4.79 Å². The van der Waals surface area contributed by atoms with Gasteiger partial charge in [0.15, 0.2) is 0 Å². The molecule has 0 radical (unpaired) electrons. The maximum Gasteiger partial charge on any atom is 0.293 e. The van der Waals surface area contributed by atoms with Gasteiger partial charge in [0.05, 0.1) is 23.9 Å². The van der Waals surface area contributed by atoms with Crippen LogP contribution in [0.15, 0.2) is 24.3 Å². The van der Waals surface area contributed by atoms with E-state index < -0.39 is 5.60 Å². The molecular formula is C17H18ClNO3. The predicted molar refractivity (Wildman–Crippen MR) is 85.0 cm³/mol. The van der Waals surface area contributed by atoms with Crippen molar-refractivity contribution in [1.82, 2.24) is 4.98 Å². The number of nitrogens with zero attached hydrogens (tertiary/aromatic N) is 1. The van der Waals surface area contributed by atoms with E-state index in [0.717, 1.165) is 23.0 Å². The zero-order valence-corrected chi connectivity index (χ0v) is 13.4. The van der Waals surface area contributed by atoms with Gasteiger partial charge in [-0.2, -0.15) is 0 Å². The molecule has 1 atom stereocenters. The first kappa shape index (κ1) is 15.3. The molecule has 5 heteroatoms. The zero-order chi connectivity index (χ0) is 15.7. The second-order valence-electron chi connectivity index (χ2n) is 6.04. The first-order valence-corrected chi connectivity index (χ1v) is 7.70. The lowest BCUT2D eigenvalue weighted by atomic mass is 9.89. The Morgan fingerprint density at radius 1 is 1.45 bits per heavy atom. The van der Waals surface area contributed by atoms with Crippen LogP contribution in [-0.2, 0) is 26.3 Å². The summed E-state index contributed by atoms with van der Waals surface area (Å²) in [6, 6.07) is 7.84. The van der Waals surface area contributed by atoms with Crippen molar-refractivity contribution in [1.29, 1.82) is 0 Å². The van der Waals surface area contributed by atoms with Crippen LogP contribution in [0.2, 0.25) is 5.02 Å². The molecule has 0 spiro atoms. The summed E-state index contributed by atoms with van der Waals surface area (Å²) in [5.41, 5.74) is 2.59. The van der Waals surface area contributed by atoms with Crippen molar-refractivity contribution in [2.75, 3.05) is 6.61 Å². The monoisotopic (exact) mass is 319 g/mol. The molecular weight excluding hydrogens is 302 g/mol. The van der Waals surface area contributed by atoms with E-state index in [1.165, 1.54) is 5.56 Å². The van der Waals surface area contributed by atoms with E-state index >= 15 is 0 Å². The fraction of sp³-hybridized carbons (Fsp3) is 0.412. The fourth-order valence-corrected chi connectivity index (χ4v) is 3.22. The molecule has 2 heterocycles. The number of carbonyl (C=O) groups is 1. The Morgan fingerprint density at radius 3 is 3.05 bits per heavy atom. The van der Waals surface area contributed by atoms with Crippen LogP contribution < -0.4 is 0 Å². The molecule has 0 N–H and O–H groups in total. The molecule has 1 aliphatic heterocycles. The number of benzene rings is 1. The minimum Gasteiger partial charge on any atom is -0.468 e. The molecule has 0 fully saturated rings. The van der Waals surface area contributed by atoms with E-state index in [1.807, 2.05) is 32.0 Å². The lowest BCUT2D eigenvalue weighted by Gasteiger charge is -2.37. The molecule has 1 aromatic heterocycles. The number of hydrogen-bond donors (Lipinski definition) is 0. The van der Waals surface area contributed by atoms with Crippen LogP contribution in [-0.4, -0.2) is 24.2 Å². The van der Waals surface area contributed by atoms with Gasteiger partial charge in [-0.05, 0) is 43.7 Å². The van der Waals surface area contributed by atoms with Gasteiger partial charge in [0.1, 0.15) is 5.60 Å². The first-order valence-electron chi connectivity index (χ1n) is 7.32. The molecule has 22 heavy (non-hydrogen) atoms. The van der Waals surface area contributed by atoms with E-state index in [-0.39, 0.29) is 6.10 Å². The molecule has 0 saturated heterocycles. The van der Waals surface area contributed by atoms with Gasteiger partial charge >= 0.3 is 0 Å². The van der Waals surface area contributed by atoms with Gasteiger partial charge in [-0.25, -0.2) is 4.98 Å². The van der Waals surface area contributed by atoms with Crippen molar-refractivity contribution < 1.29 is 14.3 Å². The van der Waals surface area contributed by atoms with Crippen LogP contribution in [0.1, 0.15) is 31.5 Å². The summed E-state index contributed by atoms with van der Waals surface area (Å²) >= 11 is 6.07. The molecule has 4 nitrogen and oxygen atoms in total. The second kappa shape index (κ2) is 5.86. The van der Waals surface area contributed by atoms with Crippen molar-refractivity contribution in [2.24, 2.45) is 0 Å². The Bertz CT molecular complexity index is 714. The predicted octanol–water partition coefficient (Wildman–Crippen LogP) is 3.63. The third-order valence-electron chi connectivity index (χ3n) is 3.96. The normalized spacial score (nSPS) is 19.7. The third kappa shape index (κ3) is 2.94. The standard InChI is InChI=1S/C17H18ClNO3/c1-17(2)16-12(9-14(22-17)5-6-21-10-20)7-11-8-13(18)3-4-15(11)19-16/h3-4,7-8,10,14H,5-6,9H2,1-2H3. The van der Waals surface area contributed by atoms with Crippen molar-refractivity contribution in [3.63, 3.8) is 0 Å². The van der Waals surface area contributed by atoms with Gasteiger partial charge in [-0.1, -0.05) is 11.6 Å². The molecule has 0 amide bonds. The lowest BCUT2D eigenvalue weighted by Crippen LogP contribution is -2.37. The summed E-state index contributed by atoms with van der Waals surface area (Å²) in [5, 5.41) is 1.74. The maximum atomic E-state index is 10.3. The Morgan fingerprint density at radius 2 is 2.27 bits per heavy atom. The number of hydrogen-bond acceptors (Lipinski definition) is 4. The maximum absolute atomic E-state index is 10.3. The van der Waals surface area contributed by atoms with E-state index in [1.54, 1.807) is 0 Å². The lowest BCUT2D eigenvalue weighted by molar-refractivity contribution is -0.132. The second-order valence-corrected chi connectivity index (χ2v) is 6.48. The van der Waals surface area contributed by atoms with Gasteiger partial charge in [-0.3, -0.25) is 4.79 Å². The number of fused-ring (bicyclic) bond motifs is 2. The summed E-state index contributed by atoms with van der Waals surface area (Å²) in [6.45, 7) is 4.88. The number of halogens is 1. The summed E-state index contributed by atoms with van der Waals surface area (Å²) in [4.78, 5) is 15.0. The number of ether oxygens (including phenoxy) is 2. The van der Waals surface area contributed by atoms with Gasteiger partial charge in [0.2, 0.25) is 0 Å². The molecule has 1 aliphatic rings. The van der Waals surface area contributed by atoms with Crippen LogP contribution in [0.5, 0.6) is 0 Å². The molecule has 0 bridgehead atoms. The molecule has 3 rings (SSSR count). The van der Waals surface area contributed by atoms with Crippen molar-refractivity contribution in [3.8, 4) is 0 Å². The highest BCUT2D eigenvalue weighted by molar-refractivity contribution is 6.31. The largest absolute Gasteiger partial charge is 0.468 e. The van der Waals surface area contributed by atoms with Gasteiger partial charge < -0.3 is 9.47 Å². The quantitative estimate of drug-likeness (QED) is 0.638. The molecule has 2 aromatic rings. The van der Waals surface area contributed by atoms with Gasteiger partial charge in [0, 0.05) is 23.3 Å². The number of carbonyl (C=O) groups excluding carboxylic acids is 1. The Labute approximate surface area is 134 Å². The van der Waals surface area contributed by atoms with Gasteiger partial charge in [0.25, 0.3) is 6.47 Å². The summed E-state index contributed by atoms with van der Waals surface area (Å²) in [7, 11) is 0. The van der Waals surface area contributed by atoms with E-state index in [4.69, 9.17) is 26.1 Å². The van der Waals surface area contributed by atoms with Crippen LogP contribution in [0.3, 0.4) is 0 Å². The molecule has 0 saturated carbocycles. The summed E-state index contributed by atoms with van der Waals surface area (Å²) < 4.78 is 10.9. The molecule has 0 aliphatic carbocycles. The number of pyridine rings is 1. The highest BCUT2D eigenvalue weighted by Crippen LogP contribution is 2.36. The molecule has 1 aromatic carbocycles. The van der Waals surface area contributed by atoms with E-state index in [0.29, 0.717) is 24.5 Å². The van der Waals surface area contributed by atoms with Crippen LogP contribution in [0, 0.1) is 0 Å². The zero-order valence-electron chi connectivity index (χ0n) is 12.6. The SMILES string of the molecule is CC1(C)OC(CCOC=O)Cc2cc3cc(Cl)ccc3nc21. The number of rotatable bonds is 4. The fourth-order valence-electron chi connectivity index (χ4n) is 3.04. The minimum absolute atomic E-state index is 0.0147. The Balaban J connectivity index is 1.96. The van der Waals surface area contributed by atoms with Crippen molar-refractivity contribution in [2.45, 2.75) is 38.4 Å². The smallest absolute Gasteiger partial charge is 0.293 e. The van der Waals surface area contributed by atoms with Crippen LogP contribution in [0.4, 0.5) is 0 Å². The highest BCUT2D eigenvalue weighted by atomic mass is 35.5. The Kier molecular flexibility index (Phi) is 4.06. The van der Waals surface area contributed by atoms with E-state index in [2.05, 4.69) is 6.07 Å². The average molecular weight is 320 g/mol. The highest BCUT2D eigenvalue weighted by Gasteiger charge is 2.35.